The van der Waals surface area contributed by atoms with Gasteiger partial charge in [-0.05, 0) is 24.3 Å². The van der Waals surface area contributed by atoms with Crippen LogP contribution in [0.3, 0.4) is 0 Å². The maximum absolute atomic E-state index is 12.8. The molecule has 1 saturated heterocycles. The van der Waals surface area contributed by atoms with Crippen molar-refractivity contribution in [2.24, 2.45) is 5.41 Å². The molecule has 1 atom stereocenters. The van der Waals surface area contributed by atoms with Gasteiger partial charge in [0.1, 0.15) is 17.5 Å². The van der Waals surface area contributed by atoms with Gasteiger partial charge in [0.05, 0.1) is 7.11 Å². The molecular weight excluding hydrogens is 264 g/mol. The minimum Gasteiger partial charge on any atom is -0.496 e. The lowest BCUT2D eigenvalue weighted by molar-refractivity contribution is -0.132. The number of hydrogen-bond acceptors (Lipinski definition) is 3. The summed E-state index contributed by atoms with van der Waals surface area (Å²) >= 11 is 0. The molecule has 1 heterocycles. The highest BCUT2D eigenvalue weighted by molar-refractivity contribution is 5.92. The van der Waals surface area contributed by atoms with Crippen molar-refractivity contribution >= 4 is 5.91 Å². The number of hydrogen-bond donors (Lipinski definition) is 1. The van der Waals surface area contributed by atoms with E-state index < -0.39 is 0 Å². The summed E-state index contributed by atoms with van der Waals surface area (Å²) in [6, 6.07) is 7.95. The van der Waals surface area contributed by atoms with Crippen LogP contribution in [0.2, 0.25) is 0 Å². The average molecular weight is 288 g/mol. The van der Waals surface area contributed by atoms with Crippen molar-refractivity contribution in [3.63, 3.8) is 0 Å². The van der Waals surface area contributed by atoms with Crippen molar-refractivity contribution < 1.29 is 9.53 Å². The third-order valence-electron chi connectivity index (χ3n) is 4.22. The van der Waals surface area contributed by atoms with Crippen LogP contribution in [0.5, 0.6) is 5.75 Å². The van der Waals surface area contributed by atoms with E-state index in [1.54, 1.807) is 7.11 Å². The smallest absolute Gasteiger partial charge is 0.244 e. The first-order chi connectivity index (χ1) is 9.86. The summed E-state index contributed by atoms with van der Waals surface area (Å²) < 4.78 is 5.48. The van der Waals surface area contributed by atoms with Gasteiger partial charge < -0.3 is 9.64 Å². The second kappa shape index (κ2) is 4.73. The SMILES string of the molecule is COc1ccccc1C1NC2(CC2)C(=O)N1CC(C)(C)C. The van der Waals surface area contributed by atoms with E-state index in [-0.39, 0.29) is 23.0 Å². The van der Waals surface area contributed by atoms with Gasteiger partial charge in [-0.15, -0.1) is 0 Å². The summed E-state index contributed by atoms with van der Waals surface area (Å²) in [5.74, 6) is 1.08. The minimum absolute atomic E-state index is 0.0675. The van der Waals surface area contributed by atoms with Gasteiger partial charge in [0, 0.05) is 12.1 Å². The Morgan fingerprint density at radius 3 is 2.57 bits per heavy atom. The quantitative estimate of drug-likeness (QED) is 0.930. The molecule has 3 rings (SSSR count). The van der Waals surface area contributed by atoms with Crippen LogP contribution in [-0.4, -0.2) is 30.0 Å². The van der Waals surface area contributed by atoms with Crippen molar-refractivity contribution in [3.05, 3.63) is 29.8 Å². The van der Waals surface area contributed by atoms with Crippen LogP contribution in [-0.2, 0) is 4.79 Å². The fourth-order valence-electron chi connectivity index (χ4n) is 3.09. The molecule has 0 aromatic heterocycles. The molecule has 21 heavy (non-hydrogen) atoms. The van der Waals surface area contributed by atoms with E-state index in [1.165, 1.54) is 0 Å². The maximum atomic E-state index is 12.8. The molecule has 1 unspecified atom stereocenters. The minimum atomic E-state index is -0.309. The Morgan fingerprint density at radius 1 is 1.33 bits per heavy atom. The summed E-state index contributed by atoms with van der Waals surface area (Å²) in [6.07, 6.45) is 1.80. The van der Waals surface area contributed by atoms with Crippen LogP contribution in [0, 0.1) is 5.41 Å². The lowest BCUT2D eigenvalue weighted by atomic mass is 9.95. The molecule has 1 saturated carbocycles. The molecule has 114 valence electrons. The number of amides is 1. The molecule has 1 aromatic carbocycles. The van der Waals surface area contributed by atoms with Crippen LogP contribution in [0.1, 0.15) is 45.3 Å². The number of benzene rings is 1. The molecular formula is C17H24N2O2. The predicted octanol–water partition coefficient (Wildman–Crippen LogP) is 2.70. The Labute approximate surface area is 126 Å². The molecule has 1 aromatic rings. The molecule has 1 N–H and O–H groups in total. The second-order valence-corrected chi connectivity index (χ2v) is 7.36. The number of nitrogens with zero attached hydrogens (tertiary/aromatic N) is 1. The number of ether oxygens (including phenoxy) is 1. The Bertz CT molecular complexity index is 558. The van der Waals surface area contributed by atoms with Gasteiger partial charge in [0.25, 0.3) is 0 Å². The second-order valence-electron chi connectivity index (χ2n) is 7.36. The predicted molar refractivity (Wildman–Crippen MR) is 82.0 cm³/mol. The zero-order valence-corrected chi connectivity index (χ0v) is 13.3. The zero-order chi connectivity index (χ0) is 15.3. The molecule has 2 aliphatic rings. The van der Waals surface area contributed by atoms with Crippen molar-refractivity contribution in [2.75, 3.05) is 13.7 Å². The van der Waals surface area contributed by atoms with Crippen molar-refractivity contribution in [3.8, 4) is 5.75 Å². The maximum Gasteiger partial charge on any atom is 0.244 e. The van der Waals surface area contributed by atoms with E-state index in [0.717, 1.165) is 30.7 Å². The molecule has 4 heteroatoms. The standard InChI is InChI=1S/C17H24N2O2/c1-16(2,3)11-19-14(18-17(9-10-17)15(19)20)12-7-5-6-8-13(12)21-4/h5-8,14,18H,9-11H2,1-4H3. The van der Waals surface area contributed by atoms with Crippen LogP contribution >= 0.6 is 0 Å². The van der Waals surface area contributed by atoms with Gasteiger partial charge in [-0.1, -0.05) is 39.0 Å². The van der Waals surface area contributed by atoms with Gasteiger partial charge in [0.2, 0.25) is 5.91 Å². The molecule has 1 aliphatic carbocycles. The summed E-state index contributed by atoms with van der Waals surface area (Å²) in [5, 5.41) is 3.55. The van der Waals surface area contributed by atoms with Crippen molar-refractivity contribution in [2.45, 2.75) is 45.3 Å². The van der Waals surface area contributed by atoms with E-state index in [0.29, 0.717) is 0 Å². The highest BCUT2D eigenvalue weighted by atomic mass is 16.5. The van der Waals surface area contributed by atoms with Gasteiger partial charge in [-0.25, -0.2) is 0 Å². The fourth-order valence-corrected chi connectivity index (χ4v) is 3.09. The van der Waals surface area contributed by atoms with Crippen LogP contribution in [0.25, 0.3) is 0 Å². The molecule has 1 spiro atoms. The Morgan fingerprint density at radius 2 is 2.00 bits per heavy atom. The van der Waals surface area contributed by atoms with Gasteiger partial charge >= 0.3 is 0 Å². The molecule has 4 nitrogen and oxygen atoms in total. The molecule has 2 fully saturated rings. The molecule has 0 radical (unpaired) electrons. The molecule has 1 amide bonds. The number of nitrogens with one attached hydrogen (secondary N) is 1. The van der Waals surface area contributed by atoms with Gasteiger partial charge in [0.15, 0.2) is 0 Å². The Hall–Kier alpha value is -1.55. The van der Waals surface area contributed by atoms with E-state index in [2.05, 4.69) is 26.1 Å². The lowest BCUT2D eigenvalue weighted by Crippen LogP contribution is -2.38. The number of rotatable bonds is 3. The normalized spacial score (nSPS) is 23.7. The molecule has 0 bridgehead atoms. The first-order valence-corrected chi connectivity index (χ1v) is 7.58. The first-order valence-electron chi connectivity index (χ1n) is 7.58. The topological polar surface area (TPSA) is 41.6 Å². The Kier molecular flexibility index (Phi) is 3.24. The van der Waals surface area contributed by atoms with E-state index in [9.17, 15) is 4.79 Å². The van der Waals surface area contributed by atoms with Gasteiger partial charge in [-0.2, -0.15) is 0 Å². The largest absolute Gasteiger partial charge is 0.496 e. The highest BCUT2D eigenvalue weighted by Crippen LogP contribution is 2.47. The zero-order valence-electron chi connectivity index (χ0n) is 13.3. The van der Waals surface area contributed by atoms with Crippen LogP contribution < -0.4 is 10.1 Å². The fraction of sp³-hybridized carbons (Fsp3) is 0.588. The van der Waals surface area contributed by atoms with Crippen molar-refractivity contribution in [1.82, 2.24) is 10.2 Å². The number of carbonyl (C=O) groups is 1. The highest BCUT2D eigenvalue weighted by Gasteiger charge is 2.59. The number of carbonyl (C=O) groups excluding carboxylic acids is 1. The monoisotopic (exact) mass is 288 g/mol. The van der Waals surface area contributed by atoms with Gasteiger partial charge in [-0.3, -0.25) is 10.1 Å². The average Bonchev–Trinajstić information content (AvgIpc) is 3.17. The summed E-state index contributed by atoms with van der Waals surface area (Å²) in [6.45, 7) is 7.23. The Balaban J connectivity index is 1.97. The summed E-state index contributed by atoms with van der Waals surface area (Å²) in [4.78, 5) is 14.8. The van der Waals surface area contributed by atoms with E-state index in [4.69, 9.17) is 4.74 Å². The first kappa shape index (κ1) is 14.4. The van der Waals surface area contributed by atoms with Crippen molar-refractivity contribution in [1.29, 1.82) is 0 Å². The van der Waals surface area contributed by atoms with E-state index in [1.807, 2.05) is 29.2 Å². The number of para-hydroxylation sites is 1. The third kappa shape index (κ3) is 2.53. The van der Waals surface area contributed by atoms with Crippen LogP contribution in [0.4, 0.5) is 0 Å². The van der Waals surface area contributed by atoms with Crippen LogP contribution in [0.15, 0.2) is 24.3 Å². The number of methoxy groups -OCH3 is 1. The van der Waals surface area contributed by atoms with E-state index >= 15 is 0 Å². The summed E-state index contributed by atoms with van der Waals surface area (Å²) in [7, 11) is 1.68. The molecule has 1 aliphatic heterocycles. The summed E-state index contributed by atoms with van der Waals surface area (Å²) in [5.41, 5.74) is 0.802. The lowest BCUT2D eigenvalue weighted by Gasteiger charge is -2.31. The third-order valence-corrected chi connectivity index (χ3v) is 4.22.